The molecule has 1 aliphatic rings. The molecule has 1 aliphatic heterocycles. The molecule has 0 radical (unpaired) electrons. The highest BCUT2D eigenvalue weighted by Crippen LogP contribution is 2.32. The number of unbranched alkanes of at least 4 members (excludes halogenated alkanes) is 32. The van der Waals surface area contributed by atoms with Crippen molar-refractivity contribution in [2.75, 3.05) is 13.2 Å². The second-order valence-electron chi connectivity index (χ2n) is 19.2. The molecule has 0 saturated carbocycles. The van der Waals surface area contributed by atoms with Crippen LogP contribution in [0.25, 0.3) is 0 Å². The van der Waals surface area contributed by atoms with Gasteiger partial charge in [-0.05, 0) is 12.8 Å². The minimum atomic E-state index is -4.85. The van der Waals surface area contributed by atoms with Gasteiger partial charge in [0.05, 0.1) is 25.4 Å². The number of amides is 1. The predicted octanol–water partition coefficient (Wildman–Crippen LogP) is 11.3. The summed E-state index contributed by atoms with van der Waals surface area (Å²) in [5.74, 6) is -3.69. The second kappa shape index (κ2) is 39.9. The number of alkyl halides is 3. The highest BCUT2D eigenvalue weighted by Gasteiger charge is 2.47. The summed E-state index contributed by atoms with van der Waals surface area (Å²) >= 11 is 0. The third-order valence-corrected chi connectivity index (χ3v) is 13.3. The number of carbonyl (C=O) groups is 1. The number of nitrogens with one attached hydrogen (secondary N) is 1. The normalized spacial score (nSPS) is 21.2. The lowest BCUT2D eigenvalue weighted by molar-refractivity contribution is -0.303. The van der Waals surface area contributed by atoms with E-state index in [9.17, 15) is 48.6 Å². The Labute approximate surface area is 387 Å². The van der Waals surface area contributed by atoms with Gasteiger partial charge in [-0.1, -0.05) is 232 Å². The van der Waals surface area contributed by atoms with E-state index in [1.54, 1.807) is 0 Å². The smallest absolute Gasteiger partial charge is 0.394 e. The van der Waals surface area contributed by atoms with Crippen molar-refractivity contribution in [1.82, 2.24) is 5.32 Å². The zero-order valence-electron chi connectivity index (χ0n) is 40.6. The molecule has 64 heavy (non-hydrogen) atoms. The SMILES string of the molecule is CCCCCCCCCCCCCCCCCCCCCCCCC(C(=O)N[C@H](CO[C@H]1O[C@H](CO)[C@H](O)[C@H](O)[C@H]1O)[C@@H](O)[C@@H](O)CCCCCCCCCCCCCC)C(F)(F)F. The summed E-state index contributed by atoms with van der Waals surface area (Å²) in [7, 11) is 0. The molecule has 382 valence electrons. The highest BCUT2D eigenvalue weighted by molar-refractivity contribution is 5.79. The van der Waals surface area contributed by atoms with Crippen LogP contribution >= 0.6 is 0 Å². The van der Waals surface area contributed by atoms with Gasteiger partial charge in [0.15, 0.2) is 6.29 Å². The number of aliphatic hydroxyl groups excluding tert-OH is 6. The first-order valence-electron chi connectivity index (χ1n) is 26.5. The van der Waals surface area contributed by atoms with E-state index in [0.717, 1.165) is 51.4 Å². The van der Waals surface area contributed by atoms with Crippen LogP contribution in [0.1, 0.15) is 245 Å². The van der Waals surface area contributed by atoms with Crippen LogP contribution in [-0.4, -0.2) is 105 Å². The summed E-state index contributed by atoms with van der Waals surface area (Å²) in [6, 6.07) is -1.53. The van der Waals surface area contributed by atoms with E-state index in [0.29, 0.717) is 12.8 Å². The second-order valence-corrected chi connectivity index (χ2v) is 19.2. The lowest BCUT2D eigenvalue weighted by Crippen LogP contribution is -2.60. The topological polar surface area (TPSA) is 169 Å². The van der Waals surface area contributed by atoms with Crippen LogP contribution in [0.2, 0.25) is 0 Å². The van der Waals surface area contributed by atoms with Crippen molar-refractivity contribution in [1.29, 1.82) is 0 Å². The maximum absolute atomic E-state index is 14.3. The Bertz CT molecular complexity index is 1060. The molecular weight excluding hydrogens is 828 g/mol. The first-order valence-corrected chi connectivity index (χ1v) is 26.5. The van der Waals surface area contributed by atoms with Crippen molar-refractivity contribution >= 4 is 5.91 Å². The molecule has 1 fully saturated rings. The maximum Gasteiger partial charge on any atom is 0.400 e. The molecule has 1 amide bonds. The maximum atomic E-state index is 14.3. The van der Waals surface area contributed by atoms with Crippen LogP contribution < -0.4 is 5.32 Å². The van der Waals surface area contributed by atoms with Gasteiger partial charge in [0.25, 0.3) is 0 Å². The number of rotatable bonds is 44. The van der Waals surface area contributed by atoms with Gasteiger partial charge < -0.3 is 45.4 Å². The van der Waals surface area contributed by atoms with Gasteiger partial charge in [-0.25, -0.2) is 0 Å². The van der Waals surface area contributed by atoms with Crippen molar-refractivity contribution in [3.05, 3.63) is 0 Å². The van der Waals surface area contributed by atoms with Crippen molar-refractivity contribution in [3.8, 4) is 0 Å². The Balaban J connectivity index is 2.49. The average Bonchev–Trinajstić information content (AvgIpc) is 3.27. The molecular formula is C51H98F3NO9. The van der Waals surface area contributed by atoms with Gasteiger partial charge in [0.1, 0.15) is 36.4 Å². The third-order valence-electron chi connectivity index (χ3n) is 13.3. The Kier molecular flexibility index (Phi) is 38.0. The number of ether oxygens (including phenoxy) is 2. The van der Waals surface area contributed by atoms with E-state index in [4.69, 9.17) is 9.47 Å². The van der Waals surface area contributed by atoms with Crippen LogP contribution in [0.5, 0.6) is 0 Å². The van der Waals surface area contributed by atoms with Crippen LogP contribution in [0.15, 0.2) is 0 Å². The minimum Gasteiger partial charge on any atom is -0.394 e. The van der Waals surface area contributed by atoms with Gasteiger partial charge in [-0.3, -0.25) is 4.79 Å². The van der Waals surface area contributed by atoms with Crippen LogP contribution in [0, 0.1) is 5.92 Å². The first-order chi connectivity index (χ1) is 30.9. The molecule has 0 bridgehead atoms. The highest BCUT2D eigenvalue weighted by atomic mass is 19.4. The molecule has 0 aliphatic carbocycles. The van der Waals surface area contributed by atoms with Gasteiger partial charge in [-0.2, -0.15) is 13.2 Å². The van der Waals surface area contributed by atoms with Crippen LogP contribution in [-0.2, 0) is 14.3 Å². The van der Waals surface area contributed by atoms with E-state index in [1.165, 1.54) is 148 Å². The predicted molar refractivity (Wildman–Crippen MR) is 251 cm³/mol. The van der Waals surface area contributed by atoms with Crippen molar-refractivity contribution < 1.29 is 58.1 Å². The molecule has 9 atom stereocenters. The molecule has 1 rings (SSSR count). The Morgan fingerprint density at radius 1 is 0.547 bits per heavy atom. The van der Waals surface area contributed by atoms with Gasteiger partial charge in [0.2, 0.25) is 5.91 Å². The molecule has 0 spiro atoms. The molecule has 7 N–H and O–H groups in total. The quantitative estimate of drug-likeness (QED) is 0.0294. The largest absolute Gasteiger partial charge is 0.400 e. The summed E-state index contributed by atoms with van der Waals surface area (Å²) in [6.07, 6.45) is 22.8. The summed E-state index contributed by atoms with van der Waals surface area (Å²) in [6.45, 7) is 3.05. The lowest BCUT2D eigenvalue weighted by atomic mass is 9.96. The van der Waals surface area contributed by atoms with E-state index >= 15 is 0 Å². The fourth-order valence-corrected chi connectivity index (χ4v) is 8.95. The zero-order chi connectivity index (χ0) is 47.3. The zero-order valence-corrected chi connectivity index (χ0v) is 40.6. The molecule has 10 nitrogen and oxygen atoms in total. The van der Waals surface area contributed by atoms with E-state index in [1.807, 2.05) is 0 Å². The molecule has 1 saturated heterocycles. The standard InChI is InChI=1S/C51H98F3NO9/c1-3-5-7-9-11-13-15-17-18-19-20-21-22-23-24-25-26-27-29-31-33-35-37-41(51(52,53)54)49(62)55-42(40-63-50-48(61)47(60)46(59)44(39-56)64-50)45(58)43(57)38-36-34-32-30-28-16-14-12-10-8-6-4-2/h41-48,50,56-61H,3-40H2,1-2H3,(H,55,62)/t41?,42-,43+,44-,45-,46+,47+,48-,50+/m1/s1. The number of aliphatic hydroxyl groups is 6. The van der Waals surface area contributed by atoms with E-state index in [2.05, 4.69) is 19.2 Å². The van der Waals surface area contributed by atoms with Gasteiger partial charge in [-0.15, -0.1) is 0 Å². The minimum absolute atomic E-state index is 0.146. The number of carbonyl (C=O) groups excluding carboxylic acids is 1. The fraction of sp³-hybridized carbons (Fsp3) is 0.980. The van der Waals surface area contributed by atoms with E-state index < -0.39 is 86.6 Å². The molecule has 0 aromatic rings. The molecule has 0 aromatic heterocycles. The molecule has 0 aromatic carbocycles. The number of halogens is 3. The van der Waals surface area contributed by atoms with Crippen molar-refractivity contribution in [2.24, 2.45) is 5.92 Å². The Hall–Kier alpha value is -1.06. The van der Waals surface area contributed by atoms with E-state index in [-0.39, 0.29) is 12.8 Å². The van der Waals surface area contributed by atoms with Crippen LogP contribution in [0.4, 0.5) is 13.2 Å². The summed E-state index contributed by atoms with van der Waals surface area (Å²) in [5, 5.41) is 64.7. The summed E-state index contributed by atoms with van der Waals surface area (Å²) < 4.78 is 53.8. The lowest BCUT2D eigenvalue weighted by Gasteiger charge is -2.40. The Morgan fingerprint density at radius 2 is 0.891 bits per heavy atom. The fourth-order valence-electron chi connectivity index (χ4n) is 8.95. The first kappa shape index (κ1) is 61.0. The van der Waals surface area contributed by atoms with Crippen molar-refractivity contribution in [2.45, 2.75) is 300 Å². The van der Waals surface area contributed by atoms with Gasteiger partial charge in [0, 0.05) is 0 Å². The molecule has 1 heterocycles. The number of hydrogen-bond acceptors (Lipinski definition) is 9. The number of hydrogen-bond donors (Lipinski definition) is 7. The van der Waals surface area contributed by atoms with Gasteiger partial charge >= 0.3 is 6.18 Å². The van der Waals surface area contributed by atoms with Crippen LogP contribution in [0.3, 0.4) is 0 Å². The molecule has 13 heteroatoms. The average molecular weight is 926 g/mol. The van der Waals surface area contributed by atoms with Crippen molar-refractivity contribution in [3.63, 3.8) is 0 Å². The summed E-state index contributed by atoms with van der Waals surface area (Å²) in [5.41, 5.74) is 0. The summed E-state index contributed by atoms with van der Waals surface area (Å²) in [4.78, 5) is 13.3. The molecule has 1 unspecified atom stereocenters. The third kappa shape index (κ3) is 29.6. The monoisotopic (exact) mass is 926 g/mol. The Morgan fingerprint density at radius 3 is 1.23 bits per heavy atom.